The fourth-order valence-corrected chi connectivity index (χ4v) is 2.37. The minimum atomic E-state index is -3.61. The SMILES string of the molecule is CC(C)(C)C1CC(=O)NS(=O)(=O)N1. The Bertz CT molecular complexity index is 315. The second-order valence-corrected chi connectivity index (χ2v) is 5.72. The lowest BCUT2D eigenvalue weighted by atomic mass is 9.85. The second-order valence-electron chi connectivity index (χ2n) is 4.27. The Hall–Kier alpha value is -0.620. The van der Waals surface area contributed by atoms with Crippen LogP contribution in [0.15, 0.2) is 0 Å². The highest BCUT2D eigenvalue weighted by Gasteiger charge is 2.35. The Morgan fingerprint density at radius 1 is 1.38 bits per heavy atom. The molecule has 6 heteroatoms. The first-order valence-corrected chi connectivity index (χ1v) is 5.52. The van der Waals surface area contributed by atoms with Gasteiger partial charge in [0.2, 0.25) is 5.91 Å². The van der Waals surface area contributed by atoms with Gasteiger partial charge in [0.15, 0.2) is 0 Å². The van der Waals surface area contributed by atoms with Gasteiger partial charge in [-0.25, -0.2) is 4.72 Å². The van der Waals surface area contributed by atoms with Crippen LogP contribution in [0.1, 0.15) is 27.2 Å². The maximum absolute atomic E-state index is 11.1. The van der Waals surface area contributed by atoms with Crippen molar-refractivity contribution in [3.8, 4) is 0 Å². The third-order valence-corrected chi connectivity index (χ3v) is 3.07. The topological polar surface area (TPSA) is 75.3 Å². The minimum absolute atomic E-state index is 0.197. The van der Waals surface area contributed by atoms with Crippen molar-refractivity contribution in [2.75, 3.05) is 0 Å². The van der Waals surface area contributed by atoms with Crippen LogP contribution in [0.25, 0.3) is 0 Å². The van der Waals surface area contributed by atoms with Crippen LogP contribution < -0.4 is 9.44 Å². The zero-order chi connectivity index (χ0) is 10.3. The summed E-state index contributed by atoms with van der Waals surface area (Å²) in [5.41, 5.74) is -0.245. The summed E-state index contributed by atoms with van der Waals surface area (Å²) in [7, 11) is -3.61. The molecule has 2 N–H and O–H groups in total. The molecule has 1 heterocycles. The molecule has 1 amide bonds. The summed E-state index contributed by atoms with van der Waals surface area (Å²) < 4.78 is 26.4. The lowest BCUT2D eigenvalue weighted by Crippen LogP contribution is -2.56. The van der Waals surface area contributed by atoms with E-state index in [4.69, 9.17) is 0 Å². The van der Waals surface area contributed by atoms with Crippen molar-refractivity contribution in [3.63, 3.8) is 0 Å². The van der Waals surface area contributed by atoms with E-state index in [0.29, 0.717) is 0 Å². The number of rotatable bonds is 0. The molecule has 1 saturated heterocycles. The van der Waals surface area contributed by atoms with E-state index in [-0.39, 0.29) is 17.9 Å². The molecule has 0 spiro atoms. The largest absolute Gasteiger partial charge is 0.301 e. The maximum atomic E-state index is 11.1. The zero-order valence-electron chi connectivity index (χ0n) is 7.92. The average Bonchev–Trinajstić information content (AvgIpc) is 1.79. The molecule has 0 aromatic carbocycles. The minimum Gasteiger partial charge on any atom is -0.274 e. The molecule has 1 rings (SSSR count). The lowest BCUT2D eigenvalue weighted by Gasteiger charge is -2.33. The van der Waals surface area contributed by atoms with Gasteiger partial charge < -0.3 is 0 Å². The van der Waals surface area contributed by atoms with Gasteiger partial charge in [0.25, 0.3) is 0 Å². The Morgan fingerprint density at radius 3 is 2.31 bits per heavy atom. The molecule has 1 fully saturated rings. The highest BCUT2D eigenvalue weighted by molar-refractivity contribution is 7.88. The monoisotopic (exact) mass is 206 g/mol. The third-order valence-electron chi connectivity index (χ3n) is 1.98. The molecule has 1 aliphatic heterocycles. The second kappa shape index (κ2) is 2.95. The summed E-state index contributed by atoms with van der Waals surface area (Å²) in [6.07, 6.45) is 0.197. The number of hydrogen-bond donors (Lipinski definition) is 2. The summed E-state index contributed by atoms with van der Waals surface area (Å²) in [5.74, 6) is -0.446. The summed E-state index contributed by atoms with van der Waals surface area (Å²) in [6.45, 7) is 5.66. The van der Waals surface area contributed by atoms with Crippen molar-refractivity contribution in [2.24, 2.45) is 5.41 Å². The Morgan fingerprint density at radius 2 is 1.92 bits per heavy atom. The van der Waals surface area contributed by atoms with Gasteiger partial charge in [-0.15, -0.1) is 0 Å². The molecule has 1 unspecified atom stereocenters. The maximum Gasteiger partial charge on any atom is 0.301 e. The van der Waals surface area contributed by atoms with Crippen LogP contribution in [0.2, 0.25) is 0 Å². The molecule has 0 bridgehead atoms. The van der Waals surface area contributed by atoms with E-state index < -0.39 is 16.1 Å². The van der Waals surface area contributed by atoms with Crippen LogP contribution in [0.3, 0.4) is 0 Å². The number of amides is 1. The van der Waals surface area contributed by atoms with Gasteiger partial charge in [0, 0.05) is 12.5 Å². The van der Waals surface area contributed by atoms with Crippen molar-refractivity contribution in [2.45, 2.75) is 33.2 Å². The van der Waals surface area contributed by atoms with Crippen molar-refractivity contribution in [1.29, 1.82) is 0 Å². The standard InChI is InChI=1S/C7H14N2O3S/c1-7(2,3)5-4-6(10)9-13(11,12)8-5/h5,8H,4H2,1-3H3,(H,9,10). The fraction of sp³-hybridized carbons (Fsp3) is 0.857. The Labute approximate surface area is 78.1 Å². The Balaban J connectivity index is 2.87. The Kier molecular flexibility index (Phi) is 2.38. The average molecular weight is 206 g/mol. The van der Waals surface area contributed by atoms with Crippen molar-refractivity contribution in [1.82, 2.24) is 9.44 Å². The highest BCUT2D eigenvalue weighted by atomic mass is 32.2. The van der Waals surface area contributed by atoms with Gasteiger partial charge in [-0.05, 0) is 5.41 Å². The molecule has 13 heavy (non-hydrogen) atoms. The predicted molar refractivity (Wildman–Crippen MR) is 48.1 cm³/mol. The number of carbonyl (C=O) groups is 1. The van der Waals surface area contributed by atoms with E-state index in [0.717, 1.165) is 0 Å². The number of carbonyl (C=O) groups excluding carboxylic acids is 1. The van der Waals surface area contributed by atoms with Crippen LogP contribution in [-0.2, 0) is 15.0 Å². The van der Waals surface area contributed by atoms with E-state index in [2.05, 4.69) is 4.72 Å². The van der Waals surface area contributed by atoms with Gasteiger partial charge in [0.05, 0.1) is 0 Å². The summed E-state index contributed by atoms with van der Waals surface area (Å²) in [4.78, 5) is 11.0. The zero-order valence-corrected chi connectivity index (χ0v) is 8.73. The molecule has 76 valence electrons. The van der Waals surface area contributed by atoms with E-state index in [1.54, 1.807) is 0 Å². The summed E-state index contributed by atoms with van der Waals surface area (Å²) >= 11 is 0. The van der Waals surface area contributed by atoms with E-state index in [9.17, 15) is 13.2 Å². The van der Waals surface area contributed by atoms with Crippen molar-refractivity contribution in [3.05, 3.63) is 0 Å². The summed E-state index contributed by atoms with van der Waals surface area (Å²) in [5, 5.41) is 0. The highest BCUT2D eigenvalue weighted by Crippen LogP contribution is 2.23. The van der Waals surface area contributed by atoms with Gasteiger partial charge >= 0.3 is 10.2 Å². The van der Waals surface area contributed by atoms with E-state index >= 15 is 0 Å². The normalized spacial score (nSPS) is 28.2. The molecule has 0 aromatic rings. The fourth-order valence-electron chi connectivity index (χ4n) is 1.12. The first-order valence-electron chi connectivity index (χ1n) is 4.03. The van der Waals surface area contributed by atoms with E-state index in [1.165, 1.54) is 0 Å². The molecule has 0 saturated carbocycles. The van der Waals surface area contributed by atoms with Gasteiger partial charge in [0.1, 0.15) is 0 Å². The molecular formula is C7H14N2O3S. The summed E-state index contributed by atoms with van der Waals surface area (Å²) in [6, 6.07) is -0.328. The molecule has 1 atom stereocenters. The van der Waals surface area contributed by atoms with E-state index in [1.807, 2.05) is 25.5 Å². The molecule has 5 nitrogen and oxygen atoms in total. The number of hydrogen-bond acceptors (Lipinski definition) is 3. The smallest absolute Gasteiger partial charge is 0.274 e. The predicted octanol–water partition coefficient (Wildman–Crippen LogP) is -0.245. The third kappa shape index (κ3) is 2.67. The van der Waals surface area contributed by atoms with Crippen LogP contribution in [0.5, 0.6) is 0 Å². The number of nitrogens with one attached hydrogen (secondary N) is 2. The molecule has 0 radical (unpaired) electrons. The first-order chi connectivity index (χ1) is 5.71. The first kappa shape index (κ1) is 10.5. The van der Waals surface area contributed by atoms with Crippen LogP contribution in [0, 0.1) is 5.41 Å². The molecular weight excluding hydrogens is 192 g/mol. The molecule has 1 aliphatic rings. The lowest BCUT2D eigenvalue weighted by molar-refractivity contribution is -0.120. The van der Waals surface area contributed by atoms with Crippen molar-refractivity contribution < 1.29 is 13.2 Å². The van der Waals surface area contributed by atoms with Crippen LogP contribution in [-0.4, -0.2) is 20.4 Å². The van der Waals surface area contributed by atoms with Gasteiger partial charge in [-0.1, -0.05) is 20.8 Å². The van der Waals surface area contributed by atoms with Crippen molar-refractivity contribution >= 4 is 16.1 Å². The van der Waals surface area contributed by atoms with Gasteiger partial charge in [-0.2, -0.15) is 13.1 Å². The van der Waals surface area contributed by atoms with Crippen LogP contribution >= 0.6 is 0 Å². The van der Waals surface area contributed by atoms with Crippen LogP contribution in [0.4, 0.5) is 0 Å². The molecule has 0 aliphatic carbocycles. The van der Waals surface area contributed by atoms with Gasteiger partial charge in [-0.3, -0.25) is 4.79 Å². The molecule has 0 aromatic heterocycles. The quantitative estimate of drug-likeness (QED) is 0.574.